The van der Waals surface area contributed by atoms with Crippen molar-refractivity contribution in [2.24, 2.45) is 0 Å². The molecule has 2 unspecified atom stereocenters. The Labute approximate surface area is 135 Å². The van der Waals surface area contributed by atoms with Crippen LogP contribution in [0.1, 0.15) is 29.8 Å². The molecule has 2 nitrogen and oxygen atoms in total. The Morgan fingerprint density at radius 1 is 1.15 bits per heavy atom. The summed E-state index contributed by atoms with van der Waals surface area (Å²) in [4.78, 5) is 0. The lowest BCUT2D eigenvalue weighted by molar-refractivity contribution is 0.0658. The molecule has 2 aromatic carbocycles. The van der Waals surface area contributed by atoms with Gasteiger partial charge in [-0.25, -0.2) is 0 Å². The molecule has 0 radical (unpaired) electrons. The van der Waals surface area contributed by atoms with E-state index in [1.807, 2.05) is 18.2 Å². The lowest BCUT2D eigenvalue weighted by Crippen LogP contribution is -2.19. The van der Waals surface area contributed by atoms with Crippen molar-refractivity contribution in [2.75, 3.05) is 0 Å². The number of aliphatic hydroxyl groups is 1. The predicted octanol–water partition coefficient (Wildman–Crippen LogP) is 5.31. The third-order valence-corrected chi connectivity index (χ3v) is 4.52. The number of hydrogen-bond acceptors (Lipinski definition) is 2. The first kappa shape index (κ1) is 14.2. The van der Waals surface area contributed by atoms with Gasteiger partial charge >= 0.3 is 0 Å². The van der Waals surface area contributed by atoms with Gasteiger partial charge in [-0.15, -0.1) is 0 Å². The fraction of sp³-hybridized carbons (Fsp3) is 0.200. The van der Waals surface area contributed by atoms with Gasteiger partial charge in [-0.1, -0.05) is 51.3 Å². The van der Waals surface area contributed by atoms with E-state index in [-0.39, 0.29) is 6.10 Å². The zero-order valence-corrected chi connectivity index (χ0v) is 13.4. The Morgan fingerprint density at radius 2 is 1.85 bits per heavy atom. The molecular formula is C15H11BrCl2O2. The molecule has 20 heavy (non-hydrogen) atoms. The standard InChI is InChI=1S/C15H11BrCl2O2/c16-8-4-5-9-12(19)7-14(20-13(9)6-8)15-10(17)2-1-3-11(15)18/h1-6,12,14,19H,7H2. The van der Waals surface area contributed by atoms with Crippen LogP contribution < -0.4 is 4.74 Å². The Hall–Kier alpha value is -0.740. The van der Waals surface area contributed by atoms with Gasteiger partial charge in [0, 0.05) is 32.1 Å². The van der Waals surface area contributed by atoms with Crippen LogP contribution in [0.15, 0.2) is 40.9 Å². The molecule has 0 amide bonds. The van der Waals surface area contributed by atoms with Crippen molar-refractivity contribution in [1.82, 2.24) is 0 Å². The van der Waals surface area contributed by atoms with E-state index < -0.39 is 6.10 Å². The van der Waals surface area contributed by atoms with Crippen LogP contribution in [0.25, 0.3) is 0 Å². The lowest BCUT2D eigenvalue weighted by Gasteiger charge is -2.31. The molecular weight excluding hydrogens is 363 g/mol. The Kier molecular flexibility index (Phi) is 3.95. The highest BCUT2D eigenvalue weighted by atomic mass is 79.9. The molecule has 5 heteroatoms. The summed E-state index contributed by atoms with van der Waals surface area (Å²) >= 11 is 15.8. The summed E-state index contributed by atoms with van der Waals surface area (Å²) in [5, 5.41) is 11.4. The van der Waals surface area contributed by atoms with Crippen LogP contribution >= 0.6 is 39.1 Å². The van der Waals surface area contributed by atoms with Crippen molar-refractivity contribution in [3.63, 3.8) is 0 Å². The van der Waals surface area contributed by atoms with E-state index in [1.165, 1.54) is 0 Å². The molecule has 0 spiro atoms. The van der Waals surface area contributed by atoms with Crippen LogP contribution in [0, 0.1) is 0 Å². The average Bonchev–Trinajstić information content (AvgIpc) is 2.38. The molecule has 2 aromatic rings. The molecule has 1 aliphatic heterocycles. The number of halogens is 3. The van der Waals surface area contributed by atoms with Gasteiger partial charge < -0.3 is 9.84 Å². The van der Waals surface area contributed by atoms with Crippen LogP contribution in [0.2, 0.25) is 10.0 Å². The summed E-state index contributed by atoms with van der Waals surface area (Å²) in [6.07, 6.45) is -0.518. The van der Waals surface area contributed by atoms with Crippen LogP contribution in [-0.2, 0) is 0 Å². The Bertz CT molecular complexity index is 640. The number of aliphatic hydroxyl groups excluding tert-OH is 1. The number of ether oxygens (including phenoxy) is 1. The maximum absolute atomic E-state index is 10.3. The van der Waals surface area contributed by atoms with Crippen LogP contribution in [0.5, 0.6) is 5.75 Å². The molecule has 0 saturated heterocycles. The highest BCUT2D eigenvalue weighted by molar-refractivity contribution is 9.10. The van der Waals surface area contributed by atoms with E-state index in [0.29, 0.717) is 22.2 Å². The summed E-state index contributed by atoms with van der Waals surface area (Å²) in [6, 6.07) is 10.9. The van der Waals surface area contributed by atoms with E-state index in [4.69, 9.17) is 27.9 Å². The number of hydrogen-bond donors (Lipinski definition) is 1. The summed E-state index contributed by atoms with van der Waals surface area (Å²) in [5.74, 6) is 0.652. The monoisotopic (exact) mass is 372 g/mol. The number of benzene rings is 2. The zero-order valence-electron chi connectivity index (χ0n) is 10.3. The van der Waals surface area contributed by atoms with Gasteiger partial charge in [0.2, 0.25) is 0 Å². The first-order chi connectivity index (χ1) is 9.56. The molecule has 1 aliphatic rings. The van der Waals surface area contributed by atoms with Crippen molar-refractivity contribution in [1.29, 1.82) is 0 Å². The van der Waals surface area contributed by atoms with Gasteiger partial charge in [-0.3, -0.25) is 0 Å². The van der Waals surface area contributed by atoms with Gasteiger partial charge in [0.15, 0.2) is 0 Å². The average molecular weight is 374 g/mol. The van der Waals surface area contributed by atoms with E-state index in [0.717, 1.165) is 15.6 Å². The maximum atomic E-state index is 10.3. The molecule has 0 aromatic heterocycles. The minimum Gasteiger partial charge on any atom is -0.485 e. The number of rotatable bonds is 1. The normalized spacial score (nSPS) is 21.2. The minimum atomic E-state index is -0.593. The molecule has 104 valence electrons. The van der Waals surface area contributed by atoms with Gasteiger partial charge in [-0.05, 0) is 24.3 Å². The third kappa shape index (κ3) is 2.56. The molecule has 0 bridgehead atoms. The highest BCUT2D eigenvalue weighted by Gasteiger charge is 2.30. The summed E-state index contributed by atoms with van der Waals surface area (Å²) in [7, 11) is 0. The molecule has 3 rings (SSSR count). The quantitative estimate of drug-likeness (QED) is 0.733. The van der Waals surface area contributed by atoms with Crippen molar-refractivity contribution in [3.05, 3.63) is 62.0 Å². The molecule has 0 saturated carbocycles. The Balaban J connectivity index is 2.03. The summed E-state index contributed by atoms with van der Waals surface area (Å²) in [6.45, 7) is 0. The van der Waals surface area contributed by atoms with E-state index in [1.54, 1.807) is 18.2 Å². The largest absolute Gasteiger partial charge is 0.485 e. The SMILES string of the molecule is OC1CC(c2c(Cl)cccc2Cl)Oc2cc(Br)ccc21. The highest BCUT2D eigenvalue weighted by Crippen LogP contribution is 2.45. The molecule has 0 aliphatic carbocycles. The molecule has 1 heterocycles. The van der Waals surface area contributed by atoms with Crippen molar-refractivity contribution >= 4 is 39.1 Å². The van der Waals surface area contributed by atoms with Gasteiger partial charge in [0.25, 0.3) is 0 Å². The van der Waals surface area contributed by atoms with E-state index in [9.17, 15) is 5.11 Å². The summed E-state index contributed by atoms with van der Waals surface area (Å²) in [5.41, 5.74) is 1.51. The second kappa shape index (κ2) is 5.57. The summed E-state index contributed by atoms with van der Waals surface area (Å²) < 4.78 is 6.87. The topological polar surface area (TPSA) is 29.5 Å². The van der Waals surface area contributed by atoms with E-state index >= 15 is 0 Å². The van der Waals surface area contributed by atoms with Crippen LogP contribution in [-0.4, -0.2) is 5.11 Å². The van der Waals surface area contributed by atoms with Crippen LogP contribution in [0.4, 0.5) is 0 Å². The third-order valence-electron chi connectivity index (χ3n) is 3.36. The minimum absolute atomic E-state index is 0.354. The van der Waals surface area contributed by atoms with Crippen molar-refractivity contribution in [3.8, 4) is 5.75 Å². The zero-order chi connectivity index (χ0) is 14.3. The Morgan fingerprint density at radius 3 is 2.55 bits per heavy atom. The second-order valence-electron chi connectivity index (χ2n) is 4.68. The maximum Gasteiger partial charge on any atom is 0.129 e. The first-order valence-electron chi connectivity index (χ1n) is 6.14. The smallest absolute Gasteiger partial charge is 0.129 e. The second-order valence-corrected chi connectivity index (χ2v) is 6.41. The fourth-order valence-electron chi connectivity index (χ4n) is 2.41. The van der Waals surface area contributed by atoms with Crippen LogP contribution in [0.3, 0.4) is 0 Å². The van der Waals surface area contributed by atoms with Gasteiger partial charge in [0.1, 0.15) is 11.9 Å². The lowest BCUT2D eigenvalue weighted by atomic mass is 9.95. The molecule has 1 N–H and O–H groups in total. The van der Waals surface area contributed by atoms with E-state index in [2.05, 4.69) is 15.9 Å². The van der Waals surface area contributed by atoms with Gasteiger partial charge in [0.05, 0.1) is 6.10 Å². The number of fused-ring (bicyclic) bond motifs is 1. The van der Waals surface area contributed by atoms with Gasteiger partial charge in [-0.2, -0.15) is 0 Å². The molecule has 0 fully saturated rings. The first-order valence-corrected chi connectivity index (χ1v) is 7.69. The predicted molar refractivity (Wildman–Crippen MR) is 83.5 cm³/mol. The molecule has 2 atom stereocenters. The fourth-order valence-corrected chi connectivity index (χ4v) is 3.39. The van der Waals surface area contributed by atoms with Crippen molar-refractivity contribution < 1.29 is 9.84 Å². The van der Waals surface area contributed by atoms with Crippen molar-refractivity contribution in [2.45, 2.75) is 18.6 Å².